The van der Waals surface area contributed by atoms with Crippen LogP contribution in [0.15, 0.2) is 0 Å². The van der Waals surface area contributed by atoms with Crippen molar-refractivity contribution >= 4 is 9.84 Å². The molecule has 0 aliphatic rings. The smallest absolute Gasteiger partial charge is 0.151 e. The van der Waals surface area contributed by atoms with Crippen LogP contribution >= 0.6 is 0 Å². The van der Waals surface area contributed by atoms with E-state index in [1.165, 1.54) is 0 Å². The second kappa shape index (κ2) is 8.07. The molecule has 0 saturated carbocycles. The van der Waals surface area contributed by atoms with Crippen molar-refractivity contribution in [1.82, 2.24) is 5.32 Å². The quantitative estimate of drug-likeness (QED) is 0.599. The van der Waals surface area contributed by atoms with Crippen molar-refractivity contribution in [3.8, 4) is 0 Å². The Morgan fingerprint density at radius 2 is 1.93 bits per heavy atom. The first kappa shape index (κ1) is 14.9. The third kappa shape index (κ3) is 10.2. The molecule has 0 amide bonds. The van der Waals surface area contributed by atoms with Gasteiger partial charge in [0.15, 0.2) is 9.84 Å². The van der Waals surface area contributed by atoms with Crippen LogP contribution in [0.4, 0.5) is 0 Å². The molecule has 1 N–H and O–H groups in total. The summed E-state index contributed by atoms with van der Waals surface area (Å²) in [5.41, 5.74) is 0. The van der Waals surface area contributed by atoms with E-state index in [1.807, 2.05) is 0 Å². The number of sulfone groups is 1. The zero-order valence-corrected chi connectivity index (χ0v) is 10.8. The maximum Gasteiger partial charge on any atom is 0.151 e. The van der Waals surface area contributed by atoms with E-state index in [9.17, 15) is 8.42 Å². The van der Waals surface area contributed by atoms with E-state index in [-0.39, 0.29) is 11.5 Å². The molecule has 0 saturated heterocycles. The summed E-state index contributed by atoms with van der Waals surface area (Å²) < 4.78 is 27.7. The van der Waals surface area contributed by atoms with Gasteiger partial charge in [-0.25, -0.2) is 8.42 Å². The van der Waals surface area contributed by atoms with E-state index in [4.69, 9.17) is 4.74 Å². The minimum Gasteiger partial charge on any atom is -0.385 e. The van der Waals surface area contributed by atoms with Crippen LogP contribution in [0.2, 0.25) is 0 Å². The lowest BCUT2D eigenvalue weighted by Crippen LogP contribution is -2.27. The monoisotopic (exact) mass is 237 g/mol. The highest BCUT2D eigenvalue weighted by Crippen LogP contribution is 1.94. The molecule has 0 aromatic carbocycles. The number of hydrogen-bond donors (Lipinski definition) is 1. The van der Waals surface area contributed by atoms with E-state index in [1.54, 1.807) is 7.11 Å². The number of methoxy groups -OCH3 is 1. The number of ether oxygens (including phenoxy) is 1. The normalized spacial score (nSPS) is 12.3. The van der Waals surface area contributed by atoms with Gasteiger partial charge in [0.1, 0.15) is 0 Å². The van der Waals surface area contributed by atoms with Gasteiger partial charge in [-0.2, -0.15) is 0 Å². The summed E-state index contributed by atoms with van der Waals surface area (Å²) in [5, 5.41) is 3.12. The first-order valence-corrected chi connectivity index (χ1v) is 7.20. The summed E-state index contributed by atoms with van der Waals surface area (Å²) in [7, 11) is -1.31. The second-order valence-corrected chi connectivity index (χ2v) is 6.40. The lowest BCUT2D eigenvalue weighted by Gasteiger charge is -2.07. The average molecular weight is 237 g/mol. The van der Waals surface area contributed by atoms with E-state index >= 15 is 0 Å². The van der Waals surface area contributed by atoms with E-state index < -0.39 is 9.84 Å². The van der Waals surface area contributed by atoms with Crippen molar-refractivity contribution in [2.75, 3.05) is 38.3 Å². The molecule has 0 aliphatic heterocycles. The summed E-state index contributed by atoms with van der Waals surface area (Å²) in [4.78, 5) is 0. The van der Waals surface area contributed by atoms with Crippen molar-refractivity contribution in [3.63, 3.8) is 0 Å². The molecule has 0 aromatic heterocycles. The Labute approximate surface area is 93.3 Å². The van der Waals surface area contributed by atoms with E-state index in [0.29, 0.717) is 25.5 Å². The van der Waals surface area contributed by atoms with Gasteiger partial charge in [-0.15, -0.1) is 0 Å². The minimum atomic E-state index is -2.89. The third-order valence-corrected chi connectivity index (χ3v) is 3.68. The molecular weight excluding hydrogens is 214 g/mol. The SMILES string of the molecule is COCCCS(=O)(=O)CCNCC(C)C. The van der Waals surface area contributed by atoms with Crippen molar-refractivity contribution in [3.05, 3.63) is 0 Å². The molecule has 92 valence electrons. The van der Waals surface area contributed by atoms with Crippen LogP contribution in [0.3, 0.4) is 0 Å². The molecule has 0 bridgehead atoms. The lowest BCUT2D eigenvalue weighted by atomic mass is 10.2. The highest BCUT2D eigenvalue weighted by Gasteiger charge is 2.09. The van der Waals surface area contributed by atoms with E-state index in [0.717, 1.165) is 6.54 Å². The Kier molecular flexibility index (Phi) is 8.00. The van der Waals surface area contributed by atoms with Gasteiger partial charge < -0.3 is 10.1 Å². The fraction of sp³-hybridized carbons (Fsp3) is 1.00. The van der Waals surface area contributed by atoms with Gasteiger partial charge >= 0.3 is 0 Å². The highest BCUT2D eigenvalue weighted by molar-refractivity contribution is 7.91. The molecule has 5 heteroatoms. The Hall–Kier alpha value is -0.130. The number of rotatable bonds is 9. The highest BCUT2D eigenvalue weighted by atomic mass is 32.2. The van der Waals surface area contributed by atoms with Crippen LogP contribution in [-0.4, -0.2) is 46.7 Å². The lowest BCUT2D eigenvalue weighted by molar-refractivity contribution is 0.199. The van der Waals surface area contributed by atoms with Gasteiger partial charge in [-0.3, -0.25) is 0 Å². The van der Waals surface area contributed by atoms with Gasteiger partial charge in [0.05, 0.1) is 11.5 Å². The first-order chi connectivity index (χ1) is 6.98. The van der Waals surface area contributed by atoms with Gasteiger partial charge in [-0.05, 0) is 18.9 Å². The largest absolute Gasteiger partial charge is 0.385 e. The van der Waals surface area contributed by atoms with Crippen LogP contribution in [0.25, 0.3) is 0 Å². The second-order valence-electron chi connectivity index (χ2n) is 4.10. The summed E-state index contributed by atoms with van der Waals surface area (Å²) in [6.45, 7) is 6.12. The maximum absolute atomic E-state index is 11.5. The maximum atomic E-state index is 11.5. The van der Waals surface area contributed by atoms with Crippen molar-refractivity contribution < 1.29 is 13.2 Å². The molecule has 0 spiro atoms. The number of hydrogen-bond acceptors (Lipinski definition) is 4. The summed E-state index contributed by atoms with van der Waals surface area (Å²) in [6, 6.07) is 0. The molecule has 0 rings (SSSR count). The predicted molar refractivity (Wildman–Crippen MR) is 62.9 cm³/mol. The Morgan fingerprint density at radius 3 is 2.47 bits per heavy atom. The van der Waals surface area contributed by atoms with Gasteiger partial charge in [0.25, 0.3) is 0 Å². The fourth-order valence-electron chi connectivity index (χ4n) is 1.14. The van der Waals surface area contributed by atoms with Crippen molar-refractivity contribution in [1.29, 1.82) is 0 Å². The molecule has 0 aromatic rings. The average Bonchev–Trinajstić information content (AvgIpc) is 2.13. The summed E-state index contributed by atoms with van der Waals surface area (Å²) >= 11 is 0. The minimum absolute atomic E-state index is 0.226. The summed E-state index contributed by atoms with van der Waals surface area (Å²) in [6.07, 6.45) is 0.586. The Morgan fingerprint density at radius 1 is 1.27 bits per heavy atom. The van der Waals surface area contributed by atoms with Crippen LogP contribution < -0.4 is 5.32 Å². The van der Waals surface area contributed by atoms with Crippen LogP contribution in [0.5, 0.6) is 0 Å². The summed E-state index contributed by atoms with van der Waals surface area (Å²) in [5.74, 6) is 1.01. The topological polar surface area (TPSA) is 55.4 Å². The zero-order valence-electron chi connectivity index (χ0n) is 9.95. The molecule has 0 unspecified atom stereocenters. The molecule has 0 atom stereocenters. The Balaban J connectivity index is 3.56. The molecule has 4 nitrogen and oxygen atoms in total. The van der Waals surface area contributed by atoms with Crippen LogP contribution in [0.1, 0.15) is 20.3 Å². The molecule has 0 heterocycles. The fourth-order valence-corrected chi connectivity index (χ4v) is 2.36. The van der Waals surface area contributed by atoms with Gasteiger partial charge in [0.2, 0.25) is 0 Å². The van der Waals surface area contributed by atoms with Crippen molar-refractivity contribution in [2.45, 2.75) is 20.3 Å². The molecular formula is C10H23NO3S. The number of nitrogens with one attached hydrogen (secondary N) is 1. The predicted octanol–water partition coefficient (Wildman–Crippen LogP) is 0.683. The third-order valence-electron chi connectivity index (χ3n) is 1.95. The standard InChI is InChI=1S/C10H23NO3S/c1-10(2)9-11-5-8-15(12,13)7-4-6-14-3/h10-11H,4-9H2,1-3H3. The van der Waals surface area contributed by atoms with Gasteiger partial charge in [0, 0.05) is 20.3 Å². The molecule has 15 heavy (non-hydrogen) atoms. The van der Waals surface area contributed by atoms with E-state index in [2.05, 4.69) is 19.2 Å². The molecule has 0 radical (unpaired) electrons. The molecule has 0 aliphatic carbocycles. The Bertz CT molecular complexity index is 237. The van der Waals surface area contributed by atoms with Crippen LogP contribution in [0, 0.1) is 5.92 Å². The van der Waals surface area contributed by atoms with Gasteiger partial charge in [-0.1, -0.05) is 13.8 Å². The zero-order chi connectivity index (χ0) is 11.7. The molecule has 0 fully saturated rings. The first-order valence-electron chi connectivity index (χ1n) is 5.38. The van der Waals surface area contributed by atoms with Crippen LogP contribution in [-0.2, 0) is 14.6 Å². The van der Waals surface area contributed by atoms with Crippen molar-refractivity contribution in [2.24, 2.45) is 5.92 Å².